The van der Waals surface area contributed by atoms with Gasteiger partial charge in [0.2, 0.25) is 5.28 Å². The van der Waals surface area contributed by atoms with Gasteiger partial charge in [-0.3, -0.25) is 0 Å². The average molecular weight is 286 g/mol. The zero-order valence-electron chi connectivity index (χ0n) is 10.7. The average Bonchev–Trinajstić information content (AvgIpc) is 2.42. The lowest BCUT2D eigenvalue weighted by Crippen LogP contribution is -2.49. The highest BCUT2D eigenvalue weighted by atomic mass is 35.5. The SMILES string of the molecule is CCOC(=O)N1CCN(c2nc(Cl)ncc2N)CC1. The number of hydrogen-bond acceptors (Lipinski definition) is 6. The van der Waals surface area contributed by atoms with Crippen molar-refractivity contribution in [3.63, 3.8) is 0 Å². The zero-order valence-corrected chi connectivity index (χ0v) is 11.4. The maximum Gasteiger partial charge on any atom is 0.409 e. The number of aromatic nitrogens is 2. The maximum absolute atomic E-state index is 11.6. The Morgan fingerprint density at radius 3 is 2.79 bits per heavy atom. The van der Waals surface area contributed by atoms with Gasteiger partial charge in [-0.2, -0.15) is 4.98 Å². The lowest BCUT2D eigenvalue weighted by atomic mass is 10.3. The predicted octanol–water partition coefficient (Wildman–Crippen LogP) is 0.991. The molecule has 19 heavy (non-hydrogen) atoms. The Morgan fingerprint density at radius 2 is 2.16 bits per heavy atom. The van der Waals surface area contributed by atoms with Crippen LogP contribution in [0.2, 0.25) is 5.28 Å². The van der Waals surface area contributed by atoms with E-state index in [0.29, 0.717) is 44.3 Å². The topological polar surface area (TPSA) is 84.6 Å². The molecule has 1 aromatic rings. The summed E-state index contributed by atoms with van der Waals surface area (Å²) in [7, 11) is 0. The van der Waals surface area contributed by atoms with Crippen LogP contribution in [0.15, 0.2) is 6.20 Å². The number of carbonyl (C=O) groups excluding carboxylic acids is 1. The molecular formula is C11H16ClN5O2. The molecule has 7 nitrogen and oxygen atoms in total. The van der Waals surface area contributed by atoms with E-state index in [1.54, 1.807) is 11.8 Å². The lowest BCUT2D eigenvalue weighted by molar-refractivity contribution is 0.105. The third-order valence-electron chi connectivity index (χ3n) is 2.87. The van der Waals surface area contributed by atoms with Crippen LogP contribution in [0.25, 0.3) is 0 Å². The summed E-state index contributed by atoms with van der Waals surface area (Å²) in [6, 6.07) is 0. The number of hydrogen-bond donors (Lipinski definition) is 1. The highest BCUT2D eigenvalue weighted by Crippen LogP contribution is 2.22. The Hall–Kier alpha value is -1.76. The number of nitrogens with zero attached hydrogens (tertiary/aromatic N) is 4. The smallest absolute Gasteiger partial charge is 0.409 e. The molecule has 0 radical (unpaired) electrons. The first kappa shape index (κ1) is 13.7. The number of halogens is 1. The zero-order chi connectivity index (χ0) is 13.8. The molecule has 8 heteroatoms. The lowest BCUT2D eigenvalue weighted by Gasteiger charge is -2.35. The van der Waals surface area contributed by atoms with Gasteiger partial charge >= 0.3 is 6.09 Å². The quantitative estimate of drug-likeness (QED) is 0.816. The van der Waals surface area contributed by atoms with E-state index in [9.17, 15) is 4.79 Å². The summed E-state index contributed by atoms with van der Waals surface area (Å²) >= 11 is 5.77. The van der Waals surface area contributed by atoms with Gasteiger partial charge in [0.15, 0.2) is 5.82 Å². The first-order chi connectivity index (χ1) is 9.11. The summed E-state index contributed by atoms with van der Waals surface area (Å²) in [4.78, 5) is 23.2. The van der Waals surface area contributed by atoms with Crippen molar-refractivity contribution < 1.29 is 9.53 Å². The minimum absolute atomic E-state index is 0.164. The van der Waals surface area contributed by atoms with Gasteiger partial charge in [-0.05, 0) is 18.5 Å². The highest BCUT2D eigenvalue weighted by Gasteiger charge is 2.23. The van der Waals surface area contributed by atoms with Crippen LogP contribution in [0, 0.1) is 0 Å². The summed E-state index contributed by atoms with van der Waals surface area (Å²) in [6.07, 6.45) is 1.21. The molecule has 1 aliphatic heterocycles. The van der Waals surface area contributed by atoms with E-state index >= 15 is 0 Å². The number of ether oxygens (including phenoxy) is 1. The second-order valence-electron chi connectivity index (χ2n) is 4.09. The van der Waals surface area contributed by atoms with Crippen LogP contribution in [-0.4, -0.2) is 53.7 Å². The van der Waals surface area contributed by atoms with Crippen molar-refractivity contribution in [3.8, 4) is 0 Å². The fourth-order valence-corrected chi connectivity index (χ4v) is 2.06. The summed E-state index contributed by atoms with van der Waals surface area (Å²) in [5.41, 5.74) is 6.31. The third kappa shape index (κ3) is 3.17. The number of rotatable bonds is 2. The molecule has 2 heterocycles. The number of nitrogens with two attached hydrogens (primary N) is 1. The van der Waals surface area contributed by atoms with Crippen LogP contribution in [-0.2, 0) is 4.74 Å². The molecule has 0 bridgehead atoms. The van der Waals surface area contributed by atoms with Gasteiger partial charge in [0.1, 0.15) is 0 Å². The van der Waals surface area contributed by atoms with E-state index in [1.807, 2.05) is 4.90 Å². The van der Waals surface area contributed by atoms with E-state index < -0.39 is 0 Å². The molecule has 0 spiro atoms. The Balaban J connectivity index is 2.00. The number of piperazine rings is 1. The molecule has 1 amide bonds. The number of amides is 1. The normalized spacial score (nSPS) is 15.5. The largest absolute Gasteiger partial charge is 0.450 e. The number of anilines is 2. The summed E-state index contributed by atoms with van der Waals surface area (Å²) < 4.78 is 4.96. The van der Waals surface area contributed by atoms with Crippen molar-refractivity contribution in [2.45, 2.75) is 6.92 Å². The van der Waals surface area contributed by atoms with Gasteiger partial charge in [0.25, 0.3) is 0 Å². The standard InChI is InChI=1S/C11H16ClN5O2/c1-2-19-11(18)17-5-3-16(4-6-17)9-8(13)7-14-10(12)15-9/h7H,2-6,13H2,1H3. The maximum atomic E-state index is 11.6. The minimum atomic E-state index is -0.282. The molecule has 0 aliphatic carbocycles. The molecule has 1 aliphatic rings. The second-order valence-corrected chi connectivity index (χ2v) is 4.43. The monoisotopic (exact) mass is 285 g/mol. The molecule has 0 saturated carbocycles. The van der Waals surface area contributed by atoms with Crippen LogP contribution >= 0.6 is 11.6 Å². The van der Waals surface area contributed by atoms with E-state index in [-0.39, 0.29) is 11.4 Å². The van der Waals surface area contributed by atoms with Crippen molar-refractivity contribution >= 4 is 29.2 Å². The Bertz CT molecular complexity index is 462. The molecule has 1 saturated heterocycles. The van der Waals surface area contributed by atoms with E-state index in [1.165, 1.54) is 6.20 Å². The van der Waals surface area contributed by atoms with E-state index in [4.69, 9.17) is 22.1 Å². The molecule has 2 N–H and O–H groups in total. The Morgan fingerprint density at radius 1 is 1.47 bits per heavy atom. The van der Waals surface area contributed by atoms with Crippen molar-refractivity contribution in [3.05, 3.63) is 11.5 Å². The van der Waals surface area contributed by atoms with Gasteiger partial charge in [-0.25, -0.2) is 9.78 Å². The van der Waals surface area contributed by atoms with Crippen LogP contribution in [0.3, 0.4) is 0 Å². The van der Waals surface area contributed by atoms with Crippen molar-refractivity contribution in [2.24, 2.45) is 0 Å². The van der Waals surface area contributed by atoms with Crippen LogP contribution in [0.4, 0.5) is 16.3 Å². The van der Waals surface area contributed by atoms with Crippen molar-refractivity contribution in [2.75, 3.05) is 43.4 Å². The van der Waals surface area contributed by atoms with Gasteiger partial charge in [-0.1, -0.05) is 0 Å². The number of nitrogen functional groups attached to an aromatic ring is 1. The molecule has 0 atom stereocenters. The van der Waals surface area contributed by atoms with Crippen LogP contribution < -0.4 is 10.6 Å². The van der Waals surface area contributed by atoms with E-state index in [2.05, 4.69) is 9.97 Å². The Labute approximate surface area is 116 Å². The van der Waals surface area contributed by atoms with Gasteiger partial charge < -0.3 is 20.3 Å². The fourth-order valence-electron chi connectivity index (χ4n) is 1.93. The molecule has 0 unspecified atom stereocenters. The van der Waals surface area contributed by atoms with E-state index in [0.717, 1.165) is 0 Å². The number of carbonyl (C=O) groups is 1. The summed E-state index contributed by atoms with van der Waals surface area (Å²) in [5, 5.41) is 0.164. The van der Waals surface area contributed by atoms with Crippen molar-refractivity contribution in [1.82, 2.24) is 14.9 Å². The summed E-state index contributed by atoms with van der Waals surface area (Å²) in [6.45, 7) is 4.58. The predicted molar refractivity (Wildman–Crippen MR) is 72.3 cm³/mol. The third-order valence-corrected chi connectivity index (χ3v) is 3.05. The molecule has 1 fully saturated rings. The second kappa shape index (κ2) is 5.92. The van der Waals surface area contributed by atoms with Crippen LogP contribution in [0.5, 0.6) is 0 Å². The summed E-state index contributed by atoms with van der Waals surface area (Å²) in [5.74, 6) is 0.614. The first-order valence-electron chi connectivity index (χ1n) is 6.06. The van der Waals surface area contributed by atoms with Gasteiger partial charge in [-0.15, -0.1) is 0 Å². The molecular weight excluding hydrogens is 270 g/mol. The Kier molecular flexibility index (Phi) is 4.26. The van der Waals surface area contributed by atoms with Crippen LogP contribution in [0.1, 0.15) is 6.92 Å². The molecule has 1 aromatic heterocycles. The minimum Gasteiger partial charge on any atom is -0.450 e. The van der Waals surface area contributed by atoms with Gasteiger partial charge in [0, 0.05) is 26.2 Å². The van der Waals surface area contributed by atoms with Crippen molar-refractivity contribution in [1.29, 1.82) is 0 Å². The first-order valence-corrected chi connectivity index (χ1v) is 6.44. The highest BCUT2D eigenvalue weighted by molar-refractivity contribution is 6.28. The molecule has 104 valence electrons. The fraction of sp³-hybridized carbons (Fsp3) is 0.545. The molecule has 0 aromatic carbocycles. The molecule has 2 rings (SSSR count). The van der Waals surface area contributed by atoms with Gasteiger partial charge in [0.05, 0.1) is 18.5 Å².